The summed E-state index contributed by atoms with van der Waals surface area (Å²) in [5.41, 5.74) is 0.740. The van der Waals surface area contributed by atoms with Gasteiger partial charge in [0, 0.05) is 35.1 Å². The minimum atomic E-state index is 0.0244. The molecule has 1 aliphatic rings. The molecule has 2 nitrogen and oxygen atoms in total. The lowest BCUT2D eigenvalue weighted by atomic mass is 9.84. The molecule has 3 heteroatoms. The number of carbonyl (C=O) groups is 2. The molecular weight excluding hydrogens is 280 g/mol. The van der Waals surface area contributed by atoms with Crippen molar-refractivity contribution in [2.45, 2.75) is 31.6 Å². The van der Waals surface area contributed by atoms with E-state index in [9.17, 15) is 9.59 Å². The maximum absolute atomic E-state index is 12.5. The summed E-state index contributed by atoms with van der Waals surface area (Å²) in [6.45, 7) is 0. The third-order valence-corrected chi connectivity index (χ3v) is 5.25. The fourth-order valence-electron chi connectivity index (χ4n) is 3.15. The SMILES string of the molecule is O=C(CC(c1cccs1)C1CCCC1=O)c1ccccc1. The molecule has 1 fully saturated rings. The highest BCUT2D eigenvalue weighted by molar-refractivity contribution is 7.10. The van der Waals surface area contributed by atoms with Crippen molar-refractivity contribution in [1.29, 1.82) is 0 Å². The van der Waals surface area contributed by atoms with E-state index in [0.29, 0.717) is 18.6 Å². The Labute approximate surface area is 128 Å². The van der Waals surface area contributed by atoms with Gasteiger partial charge in [0.2, 0.25) is 0 Å². The molecule has 0 bridgehead atoms. The van der Waals surface area contributed by atoms with Crippen molar-refractivity contribution < 1.29 is 9.59 Å². The normalized spacial score (nSPS) is 19.6. The van der Waals surface area contributed by atoms with E-state index in [1.165, 1.54) is 4.88 Å². The van der Waals surface area contributed by atoms with Gasteiger partial charge in [-0.25, -0.2) is 0 Å². The van der Waals surface area contributed by atoms with E-state index < -0.39 is 0 Å². The van der Waals surface area contributed by atoms with Crippen molar-refractivity contribution >= 4 is 22.9 Å². The Morgan fingerprint density at radius 3 is 2.62 bits per heavy atom. The van der Waals surface area contributed by atoms with Crippen LogP contribution in [0.15, 0.2) is 47.8 Å². The zero-order valence-electron chi connectivity index (χ0n) is 11.8. The molecule has 0 radical (unpaired) electrons. The first kappa shape index (κ1) is 14.2. The number of hydrogen-bond donors (Lipinski definition) is 0. The Balaban J connectivity index is 1.83. The molecule has 0 aliphatic heterocycles. The van der Waals surface area contributed by atoms with Crippen molar-refractivity contribution in [1.82, 2.24) is 0 Å². The van der Waals surface area contributed by atoms with Gasteiger partial charge in [-0.15, -0.1) is 11.3 Å². The predicted molar refractivity (Wildman–Crippen MR) is 84.8 cm³/mol. The van der Waals surface area contributed by atoms with Crippen LogP contribution in [0.5, 0.6) is 0 Å². The van der Waals surface area contributed by atoms with Gasteiger partial charge in [-0.1, -0.05) is 36.4 Å². The van der Waals surface area contributed by atoms with Crippen LogP contribution in [0.1, 0.15) is 46.8 Å². The fraction of sp³-hybridized carbons (Fsp3) is 0.333. The second-order valence-electron chi connectivity index (χ2n) is 5.58. The van der Waals surface area contributed by atoms with E-state index in [2.05, 4.69) is 6.07 Å². The van der Waals surface area contributed by atoms with E-state index >= 15 is 0 Å². The molecule has 2 aromatic rings. The van der Waals surface area contributed by atoms with Crippen LogP contribution in [0, 0.1) is 5.92 Å². The van der Waals surface area contributed by atoms with Gasteiger partial charge in [0.1, 0.15) is 5.78 Å². The van der Waals surface area contributed by atoms with Crippen LogP contribution in [0.4, 0.5) is 0 Å². The zero-order chi connectivity index (χ0) is 14.7. The van der Waals surface area contributed by atoms with Gasteiger partial charge in [-0.2, -0.15) is 0 Å². The minimum absolute atomic E-state index is 0.0244. The van der Waals surface area contributed by atoms with Gasteiger partial charge >= 0.3 is 0 Å². The summed E-state index contributed by atoms with van der Waals surface area (Å²) in [5, 5.41) is 2.02. The first-order chi connectivity index (χ1) is 10.3. The maximum atomic E-state index is 12.5. The summed E-state index contributed by atoms with van der Waals surface area (Å²) in [7, 11) is 0. The van der Waals surface area contributed by atoms with Crippen LogP contribution in [0.25, 0.3) is 0 Å². The van der Waals surface area contributed by atoms with Crippen molar-refractivity contribution in [2.75, 3.05) is 0 Å². The molecule has 1 saturated carbocycles. The standard InChI is InChI=1S/C18H18O2S/c19-16-9-4-8-14(16)15(18-10-5-11-21-18)12-17(20)13-6-2-1-3-7-13/h1-3,5-7,10-11,14-15H,4,8-9,12H2. The van der Waals surface area contributed by atoms with Crippen LogP contribution in [-0.2, 0) is 4.79 Å². The molecule has 1 aromatic heterocycles. The number of thiophene rings is 1. The van der Waals surface area contributed by atoms with Crippen LogP contribution >= 0.6 is 11.3 Å². The second kappa shape index (κ2) is 6.35. The Morgan fingerprint density at radius 1 is 1.19 bits per heavy atom. The average Bonchev–Trinajstić information content (AvgIpc) is 3.17. The highest BCUT2D eigenvalue weighted by atomic mass is 32.1. The lowest BCUT2D eigenvalue weighted by molar-refractivity contribution is -0.121. The lowest BCUT2D eigenvalue weighted by Crippen LogP contribution is -2.19. The zero-order valence-corrected chi connectivity index (χ0v) is 12.6. The molecule has 3 rings (SSSR count). The minimum Gasteiger partial charge on any atom is -0.299 e. The molecule has 21 heavy (non-hydrogen) atoms. The summed E-state index contributed by atoms with van der Waals surface area (Å²) < 4.78 is 0. The molecule has 0 amide bonds. The van der Waals surface area contributed by atoms with Crippen molar-refractivity contribution in [3.05, 3.63) is 58.3 Å². The second-order valence-corrected chi connectivity index (χ2v) is 6.56. The number of Topliss-reactive ketones (excluding diaryl/α,β-unsaturated/α-hetero) is 2. The topological polar surface area (TPSA) is 34.1 Å². The van der Waals surface area contributed by atoms with Gasteiger partial charge in [-0.05, 0) is 24.3 Å². The smallest absolute Gasteiger partial charge is 0.163 e. The molecule has 0 spiro atoms. The highest BCUT2D eigenvalue weighted by Crippen LogP contribution is 2.39. The first-order valence-corrected chi connectivity index (χ1v) is 8.28. The van der Waals surface area contributed by atoms with E-state index in [4.69, 9.17) is 0 Å². The van der Waals surface area contributed by atoms with Gasteiger partial charge in [0.05, 0.1) is 0 Å². The van der Waals surface area contributed by atoms with Crippen LogP contribution in [0.2, 0.25) is 0 Å². The molecule has 108 valence electrons. The number of rotatable bonds is 5. The molecule has 0 N–H and O–H groups in total. The quantitative estimate of drug-likeness (QED) is 0.763. The van der Waals surface area contributed by atoms with Gasteiger partial charge in [0.15, 0.2) is 5.78 Å². The number of hydrogen-bond acceptors (Lipinski definition) is 3. The predicted octanol–water partition coefficient (Wildman–Crippen LogP) is 4.47. The molecule has 2 unspecified atom stereocenters. The van der Waals surface area contributed by atoms with Crippen LogP contribution in [0.3, 0.4) is 0 Å². The van der Waals surface area contributed by atoms with Crippen molar-refractivity contribution in [3.8, 4) is 0 Å². The van der Waals surface area contributed by atoms with E-state index in [1.54, 1.807) is 11.3 Å². The van der Waals surface area contributed by atoms with Crippen LogP contribution < -0.4 is 0 Å². The summed E-state index contributed by atoms with van der Waals surface area (Å²) in [6.07, 6.45) is 2.99. The van der Waals surface area contributed by atoms with Crippen molar-refractivity contribution in [2.24, 2.45) is 5.92 Å². The number of carbonyl (C=O) groups excluding carboxylic acids is 2. The number of benzene rings is 1. The first-order valence-electron chi connectivity index (χ1n) is 7.40. The third kappa shape index (κ3) is 3.13. The highest BCUT2D eigenvalue weighted by Gasteiger charge is 2.34. The monoisotopic (exact) mass is 298 g/mol. The lowest BCUT2D eigenvalue weighted by Gasteiger charge is -2.20. The fourth-order valence-corrected chi connectivity index (χ4v) is 4.05. The summed E-state index contributed by atoms with van der Waals surface area (Å²) in [5.74, 6) is 0.534. The van der Waals surface area contributed by atoms with Crippen LogP contribution in [-0.4, -0.2) is 11.6 Å². The number of ketones is 2. The van der Waals surface area contributed by atoms with E-state index in [-0.39, 0.29) is 17.6 Å². The summed E-state index contributed by atoms with van der Waals surface area (Å²) in [6, 6.07) is 13.4. The molecule has 1 aromatic carbocycles. The average molecular weight is 298 g/mol. The molecular formula is C18H18O2S. The molecule has 1 heterocycles. The Kier molecular flexibility index (Phi) is 4.30. The molecule has 1 aliphatic carbocycles. The third-order valence-electron chi connectivity index (χ3n) is 4.25. The largest absolute Gasteiger partial charge is 0.299 e. The molecule has 0 saturated heterocycles. The molecule has 2 atom stereocenters. The maximum Gasteiger partial charge on any atom is 0.163 e. The van der Waals surface area contributed by atoms with E-state index in [1.807, 2.05) is 41.8 Å². The van der Waals surface area contributed by atoms with Gasteiger partial charge < -0.3 is 0 Å². The van der Waals surface area contributed by atoms with Crippen molar-refractivity contribution in [3.63, 3.8) is 0 Å². The summed E-state index contributed by atoms with van der Waals surface area (Å²) >= 11 is 1.65. The Bertz CT molecular complexity index is 616. The van der Waals surface area contributed by atoms with Gasteiger partial charge in [-0.3, -0.25) is 9.59 Å². The summed E-state index contributed by atoms with van der Waals surface area (Å²) in [4.78, 5) is 25.8. The van der Waals surface area contributed by atoms with Gasteiger partial charge in [0.25, 0.3) is 0 Å². The van der Waals surface area contributed by atoms with E-state index in [0.717, 1.165) is 18.4 Å². The Morgan fingerprint density at radius 2 is 2.00 bits per heavy atom. The Hall–Kier alpha value is -1.74.